The summed E-state index contributed by atoms with van der Waals surface area (Å²) in [6.45, 7) is 0. The number of benzene rings is 2. The fourth-order valence-corrected chi connectivity index (χ4v) is 2.56. The van der Waals surface area contributed by atoms with Crippen molar-refractivity contribution >= 4 is 22.9 Å². The first kappa shape index (κ1) is 14.9. The molecule has 2 heterocycles. The Hall–Kier alpha value is -3.67. The Morgan fingerprint density at radius 1 is 0.720 bits per heavy atom. The Morgan fingerprint density at radius 3 is 2.20 bits per heavy atom. The van der Waals surface area contributed by atoms with E-state index in [1.165, 1.54) is 6.07 Å². The van der Waals surface area contributed by atoms with Crippen LogP contribution in [0, 0.1) is 0 Å². The van der Waals surface area contributed by atoms with Gasteiger partial charge in [-0.3, -0.25) is 4.79 Å². The summed E-state index contributed by atoms with van der Waals surface area (Å²) >= 11 is 0. The zero-order valence-electron chi connectivity index (χ0n) is 12.7. The third-order valence-electron chi connectivity index (χ3n) is 3.64. The Balaban J connectivity index is 2.10. The molecule has 1 aliphatic heterocycles. The lowest BCUT2D eigenvalue weighted by atomic mass is 10.1. The highest BCUT2D eigenvalue weighted by Crippen LogP contribution is 2.34. The summed E-state index contributed by atoms with van der Waals surface area (Å²) in [5, 5.41) is 0.0358. The maximum Gasteiger partial charge on any atom is 0.336 e. The molecule has 0 spiro atoms. The molecule has 1 aromatic heterocycles. The standard InChI is InChI=1S/C19H10O6/c20-14-9-10-15(21)25-19-17(22)16-12(23-14)7-4-8-13(16)24-18(19)11-5-2-1-3-6-11/h1-10H/b10-9-. The molecule has 0 N–H and O–H groups in total. The summed E-state index contributed by atoms with van der Waals surface area (Å²) < 4.78 is 16.1. The summed E-state index contributed by atoms with van der Waals surface area (Å²) in [6.07, 6.45) is 1.84. The molecular formula is C19H10O6. The van der Waals surface area contributed by atoms with E-state index >= 15 is 0 Å². The summed E-state index contributed by atoms with van der Waals surface area (Å²) in [4.78, 5) is 36.6. The molecule has 4 rings (SSSR count). The quantitative estimate of drug-likeness (QED) is 0.503. The second-order valence-corrected chi connectivity index (χ2v) is 5.26. The third-order valence-corrected chi connectivity index (χ3v) is 3.64. The lowest BCUT2D eigenvalue weighted by Gasteiger charge is -2.12. The molecule has 0 radical (unpaired) electrons. The molecular weight excluding hydrogens is 324 g/mol. The van der Waals surface area contributed by atoms with Gasteiger partial charge in [-0.05, 0) is 12.1 Å². The van der Waals surface area contributed by atoms with E-state index in [9.17, 15) is 14.4 Å². The zero-order valence-corrected chi connectivity index (χ0v) is 12.7. The van der Waals surface area contributed by atoms with Gasteiger partial charge in [0.2, 0.25) is 11.2 Å². The van der Waals surface area contributed by atoms with Crippen LogP contribution in [-0.4, -0.2) is 11.9 Å². The monoisotopic (exact) mass is 334 g/mol. The van der Waals surface area contributed by atoms with Crippen LogP contribution in [0.1, 0.15) is 0 Å². The zero-order chi connectivity index (χ0) is 17.4. The molecule has 0 fully saturated rings. The van der Waals surface area contributed by atoms with E-state index in [4.69, 9.17) is 13.9 Å². The van der Waals surface area contributed by atoms with Crippen LogP contribution in [0.2, 0.25) is 0 Å². The molecule has 0 aliphatic carbocycles. The third kappa shape index (κ3) is 2.59. The largest absolute Gasteiger partial charge is 0.452 e. The van der Waals surface area contributed by atoms with Crippen LogP contribution in [0.25, 0.3) is 22.3 Å². The van der Waals surface area contributed by atoms with Crippen LogP contribution >= 0.6 is 0 Å². The highest BCUT2D eigenvalue weighted by Gasteiger charge is 2.23. The number of fused-ring (bicyclic) bond motifs is 1. The van der Waals surface area contributed by atoms with Crippen molar-refractivity contribution in [2.75, 3.05) is 0 Å². The molecule has 0 atom stereocenters. The van der Waals surface area contributed by atoms with E-state index in [0.717, 1.165) is 12.2 Å². The van der Waals surface area contributed by atoms with Crippen molar-refractivity contribution in [2.45, 2.75) is 0 Å². The normalized spacial score (nSPS) is 14.9. The molecule has 122 valence electrons. The fourth-order valence-electron chi connectivity index (χ4n) is 2.56. The van der Waals surface area contributed by atoms with E-state index in [1.807, 2.05) is 6.07 Å². The molecule has 1 aliphatic rings. The van der Waals surface area contributed by atoms with Gasteiger partial charge < -0.3 is 13.9 Å². The lowest BCUT2D eigenvalue weighted by molar-refractivity contribution is -0.131. The maximum absolute atomic E-state index is 12.9. The first-order chi connectivity index (χ1) is 12.1. The SMILES string of the molecule is O=C1/C=C\C(=O)Oc2cccc3oc(-c4ccccc4)c(c(=O)c23)O1. The van der Waals surface area contributed by atoms with Gasteiger partial charge in [-0.25, -0.2) is 9.59 Å². The molecule has 0 unspecified atom stereocenters. The summed E-state index contributed by atoms with van der Waals surface area (Å²) in [5.74, 6) is -1.75. The van der Waals surface area contributed by atoms with Crippen LogP contribution in [-0.2, 0) is 9.59 Å². The average molecular weight is 334 g/mol. The average Bonchev–Trinajstić information content (AvgIpc) is 2.62. The molecule has 0 saturated heterocycles. The van der Waals surface area contributed by atoms with E-state index < -0.39 is 17.4 Å². The molecule has 25 heavy (non-hydrogen) atoms. The van der Waals surface area contributed by atoms with E-state index in [-0.39, 0.29) is 28.2 Å². The number of carbonyl (C=O) groups excluding carboxylic acids is 2. The molecule has 6 heteroatoms. The number of hydrogen-bond acceptors (Lipinski definition) is 6. The molecule has 6 nitrogen and oxygen atoms in total. The predicted octanol–water partition coefficient (Wildman–Crippen LogP) is 2.84. The molecule has 3 aromatic rings. The highest BCUT2D eigenvalue weighted by molar-refractivity contribution is 5.97. The van der Waals surface area contributed by atoms with E-state index in [0.29, 0.717) is 5.56 Å². The van der Waals surface area contributed by atoms with Crippen molar-refractivity contribution in [3.05, 3.63) is 70.9 Å². The number of carbonyl (C=O) groups is 2. The Morgan fingerprint density at radius 2 is 1.44 bits per heavy atom. The number of hydrogen-bond donors (Lipinski definition) is 0. The molecule has 2 aromatic carbocycles. The Kier molecular flexibility index (Phi) is 3.43. The number of rotatable bonds is 1. The van der Waals surface area contributed by atoms with Gasteiger partial charge >= 0.3 is 11.9 Å². The minimum absolute atomic E-state index is 0.0358. The maximum atomic E-state index is 12.9. The minimum Gasteiger partial charge on any atom is -0.452 e. The smallest absolute Gasteiger partial charge is 0.336 e. The van der Waals surface area contributed by atoms with Gasteiger partial charge in [0.25, 0.3) is 0 Å². The van der Waals surface area contributed by atoms with Crippen molar-refractivity contribution in [3.8, 4) is 22.8 Å². The lowest BCUT2D eigenvalue weighted by Crippen LogP contribution is -2.18. The van der Waals surface area contributed by atoms with E-state index in [1.54, 1.807) is 36.4 Å². The van der Waals surface area contributed by atoms with Crippen LogP contribution in [0.3, 0.4) is 0 Å². The van der Waals surface area contributed by atoms with Gasteiger partial charge in [-0.1, -0.05) is 36.4 Å². The number of esters is 2. The Bertz CT molecular complexity index is 1090. The van der Waals surface area contributed by atoms with Crippen LogP contribution < -0.4 is 14.9 Å². The Labute approximate surface area is 140 Å². The van der Waals surface area contributed by atoms with Gasteiger partial charge in [0, 0.05) is 17.7 Å². The number of ether oxygens (including phenoxy) is 2. The molecule has 2 bridgehead atoms. The van der Waals surface area contributed by atoms with Crippen molar-refractivity contribution < 1.29 is 23.5 Å². The minimum atomic E-state index is -0.875. The summed E-state index contributed by atoms with van der Waals surface area (Å²) in [7, 11) is 0. The van der Waals surface area contributed by atoms with Crippen molar-refractivity contribution in [1.29, 1.82) is 0 Å². The second kappa shape index (κ2) is 5.76. The molecule has 0 saturated carbocycles. The first-order valence-corrected chi connectivity index (χ1v) is 7.40. The van der Waals surface area contributed by atoms with Gasteiger partial charge in [0.05, 0.1) is 0 Å². The predicted molar refractivity (Wildman–Crippen MR) is 88.3 cm³/mol. The van der Waals surface area contributed by atoms with Gasteiger partial charge in [0.15, 0.2) is 5.76 Å². The van der Waals surface area contributed by atoms with Crippen LogP contribution in [0.5, 0.6) is 11.5 Å². The van der Waals surface area contributed by atoms with Crippen molar-refractivity contribution in [2.24, 2.45) is 0 Å². The topological polar surface area (TPSA) is 82.8 Å². The van der Waals surface area contributed by atoms with Crippen molar-refractivity contribution in [3.63, 3.8) is 0 Å². The second-order valence-electron chi connectivity index (χ2n) is 5.26. The van der Waals surface area contributed by atoms with Crippen LogP contribution in [0.15, 0.2) is 69.9 Å². The first-order valence-electron chi connectivity index (χ1n) is 7.40. The summed E-state index contributed by atoms with van der Waals surface area (Å²) in [5.41, 5.74) is 0.207. The van der Waals surface area contributed by atoms with Crippen molar-refractivity contribution in [1.82, 2.24) is 0 Å². The highest BCUT2D eigenvalue weighted by atomic mass is 16.5. The van der Waals surface area contributed by atoms with Gasteiger partial charge in [-0.2, -0.15) is 0 Å². The fraction of sp³-hybridized carbons (Fsp3) is 0. The van der Waals surface area contributed by atoms with Gasteiger partial charge in [0.1, 0.15) is 16.7 Å². The van der Waals surface area contributed by atoms with Crippen LogP contribution in [0.4, 0.5) is 0 Å². The molecule has 0 amide bonds. The summed E-state index contributed by atoms with van der Waals surface area (Å²) in [6, 6.07) is 13.5. The van der Waals surface area contributed by atoms with E-state index in [2.05, 4.69) is 0 Å². The van der Waals surface area contributed by atoms with Gasteiger partial charge in [-0.15, -0.1) is 0 Å².